The zero-order chi connectivity index (χ0) is 22.8. The summed E-state index contributed by atoms with van der Waals surface area (Å²) in [6, 6.07) is 11.9. The molecule has 0 aliphatic carbocycles. The van der Waals surface area contributed by atoms with Crippen LogP contribution >= 0.6 is 0 Å². The van der Waals surface area contributed by atoms with Gasteiger partial charge in [-0.15, -0.1) is 0 Å². The zero-order valence-corrected chi connectivity index (χ0v) is 16.3. The molecule has 0 bridgehead atoms. The van der Waals surface area contributed by atoms with E-state index in [-0.39, 0.29) is 6.07 Å². The van der Waals surface area contributed by atoms with Crippen LogP contribution in [-0.2, 0) is 12.6 Å². The average Bonchev–Trinajstić information content (AvgIpc) is 2.72. The summed E-state index contributed by atoms with van der Waals surface area (Å²) in [7, 11) is 0. The van der Waals surface area contributed by atoms with Gasteiger partial charge in [-0.3, -0.25) is 0 Å². The number of halogens is 7. The van der Waals surface area contributed by atoms with Crippen LogP contribution in [0.5, 0.6) is 0 Å². The summed E-state index contributed by atoms with van der Waals surface area (Å²) in [6.07, 6.45) is -3.10. The highest BCUT2D eigenvalue weighted by Crippen LogP contribution is 2.36. The summed E-state index contributed by atoms with van der Waals surface area (Å²) in [6.45, 7) is 2.04. The van der Waals surface area contributed by atoms with Crippen LogP contribution in [0.15, 0.2) is 60.7 Å². The molecule has 162 valence electrons. The van der Waals surface area contributed by atoms with E-state index in [1.165, 1.54) is 6.07 Å². The molecular weight excluding hydrogens is 421 g/mol. The van der Waals surface area contributed by atoms with Crippen molar-refractivity contribution in [3.05, 3.63) is 94.6 Å². The molecule has 0 aliphatic heterocycles. The van der Waals surface area contributed by atoms with Crippen LogP contribution in [0.25, 0.3) is 22.8 Å². The molecule has 3 aromatic rings. The van der Waals surface area contributed by atoms with Gasteiger partial charge in [-0.25, -0.2) is 17.6 Å². The lowest BCUT2D eigenvalue weighted by Crippen LogP contribution is -2.08. The molecule has 0 atom stereocenters. The van der Waals surface area contributed by atoms with Crippen LogP contribution < -0.4 is 0 Å². The maximum absolute atomic E-state index is 14.5. The number of rotatable bonds is 5. The lowest BCUT2D eigenvalue weighted by atomic mass is 10.00. The lowest BCUT2D eigenvalue weighted by molar-refractivity contribution is -0.140. The van der Waals surface area contributed by atoms with E-state index >= 15 is 0 Å². The van der Waals surface area contributed by atoms with E-state index in [2.05, 4.69) is 0 Å². The fourth-order valence-corrected chi connectivity index (χ4v) is 3.15. The first-order chi connectivity index (χ1) is 14.6. The second kappa shape index (κ2) is 8.96. The van der Waals surface area contributed by atoms with Crippen LogP contribution in [0, 0.1) is 11.6 Å². The summed E-state index contributed by atoms with van der Waals surface area (Å²) < 4.78 is 95.0. The van der Waals surface area contributed by atoms with E-state index in [0.29, 0.717) is 23.3 Å². The molecule has 3 rings (SSSR count). The van der Waals surface area contributed by atoms with Crippen molar-refractivity contribution in [1.82, 2.24) is 0 Å². The molecule has 0 nitrogen and oxygen atoms in total. The smallest absolute Gasteiger partial charge is 0.206 e. The Morgan fingerprint density at radius 3 is 1.94 bits per heavy atom. The van der Waals surface area contributed by atoms with Gasteiger partial charge in [0.1, 0.15) is 11.6 Å². The van der Waals surface area contributed by atoms with E-state index in [1.54, 1.807) is 12.1 Å². The zero-order valence-electron chi connectivity index (χ0n) is 16.3. The van der Waals surface area contributed by atoms with E-state index in [1.807, 2.05) is 19.1 Å². The van der Waals surface area contributed by atoms with Gasteiger partial charge in [0, 0.05) is 11.1 Å². The fourth-order valence-electron chi connectivity index (χ4n) is 3.15. The number of aryl methyl sites for hydroxylation is 1. The monoisotopic (exact) mass is 438 g/mol. The third-order valence-corrected chi connectivity index (χ3v) is 4.75. The Kier molecular flexibility index (Phi) is 6.53. The van der Waals surface area contributed by atoms with E-state index in [4.69, 9.17) is 0 Å². The standard InChI is InChI=1S/C24H17F7/c1-2-3-14-4-6-15(7-5-14)16-8-10-18(20(25)12-16)23(28)22(27)17-9-11-19(21(26)13-17)24(29,30)31/h4-13H,2-3H2,1H3. The van der Waals surface area contributed by atoms with Crippen LogP contribution in [0.1, 0.15) is 35.6 Å². The van der Waals surface area contributed by atoms with Crippen LogP contribution in [0.4, 0.5) is 30.7 Å². The highest BCUT2D eigenvalue weighted by molar-refractivity contribution is 5.84. The Labute approximate surface area is 174 Å². The molecule has 0 amide bonds. The largest absolute Gasteiger partial charge is 0.419 e. The molecule has 0 radical (unpaired) electrons. The summed E-state index contributed by atoms with van der Waals surface area (Å²) in [5.41, 5.74) is -0.853. The van der Waals surface area contributed by atoms with Gasteiger partial charge in [0.15, 0.2) is 11.7 Å². The van der Waals surface area contributed by atoms with Crippen LogP contribution in [0.2, 0.25) is 0 Å². The van der Waals surface area contributed by atoms with Gasteiger partial charge in [-0.1, -0.05) is 49.7 Å². The minimum absolute atomic E-state index is 0.224. The molecule has 3 aromatic carbocycles. The topological polar surface area (TPSA) is 0 Å². The van der Waals surface area contributed by atoms with Gasteiger partial charge in [-0.05, 0) is 47.4 Å². The minimum atomic E-state index is -4.97. The minimum Gasteiger partial charge on any atom is -0.206 e. The molecule has 0 aliphatic rings. The summed E-state index contributed by atoms with van der Waals surface area (Å²) in [4.78, 5) is 0. The lowest BCUT2D eigenvalue weighted by Gasteiger charge is -2.10. The Bertz CT molecular complexity index is 1110. The predicted octanol–water partition coefficient (Wildman–Crippen LogP) is 8.37. The van der Waals surface area contributed by atoms with Crippen molar-refractivity contribution in [2.45, 2.75) is 25.9 Å². The maximum atomic E-state index is 14.5. The highest BCUT2D eigenvalue weighted by atomic mass is 19.4. The van der Waals surface area contributed by atoms with E-state index in [9.17, 15) is 30.7 Å². The second-order valence-electron chi connectivity index (χ2n) is 6.96. The van der Waals surface area contributed by atoms with E-state index in [0.717, 1.165) is 30.5 Å². The van der Waals surface area contributed by atoms with Crippen molar-refractivity contribution in [3.8, 4) is 11.1 Å². The highest BCUT2D eigenvalue weighted by Gasteiger charge is 2.34. The third-order valence-electron chi connectivity index (χ3n) is 4.75. The Balaban J connectivity index is 1.93. The molecule has 0 saturated carbocycles. The Hall–Kier alpha value is -3.09. The molecule has 7 heteroatoms. The SMILES string of the molecule is CCCc1ccc(-c2ccc(C(F)=C(F)c3ccc(C(F)(F)F)c(F)c3)c(F)c2)cc1. The quantitative estimate of drug-likeness (QED) is 0.277. The van der Waals surface area contributed by atoms with E-state index < -0.39 is 46.2 Å². The van der Waals surface area contributed by atoms with Crippen LogP contribution in [0.3, 0.4) is 0 Å². The van der Waals surface area contributed by atoms with Crippen LogP contribution in [-0.4, -0.2) is 0 Å². The van der Waals surface area contributed by atoms with Gasteiger partial charge in [0.05, 0.1) is 5.56 Å². The molecular formula is C24H17F7. The first-order valence-corrected chi connectivity index (χ1v) is 9.43. The first-order valence-electron chi connectivity index (χ1n) is 9.43. The molecule has 0 saturated heterocycles. The summed E-state index contributed by atoms with van der Waals surface area (Å²) in [5, 5.41) is 0. The van der Waals surface area contributed by atoms with Crippen molar-refractivity contribution in [1.29, 1.82) is 0 Å². The Morgan fingerprint density at radius 1 is 0.742 bits per heavy atom. The summed E-state index contributed by atoms with van der Waals surface area (Å²) >= 11 is 0. The number of alkyl halides is 3. The molecule has 0 heterocycles. The van der Waals surface area contributed by atoms with Gasteiger partial charge >= 0.3 is 6.18 Å². The second-order valence-corrected chi connectivity index (χ2v) is 6.96. The first kappa shape index (κ1) is 22.6. The van der Waals surface area contributed by atoms with Crippen molar-refractivity contribution >= 4 is 11.7 Å². The maximum Gasteiger partial charge on any atom is 0.419 e. The normalized spacial score (nSPS) is 12.6. The molecule has 0 unspecified atom stereocenters. The van der Waals surface area contributed by atoms with Gasteiger partial charge in [-0.2, -0.15) is 13.2 Å². The summed E-state index contributed by atoms with van der Waals surface area (Å²) in [5.74, 6) is -6.12. The van der Waals surface area contributed by atoms with Gasteiger partial charge in [0.2, 0.25) is 0 Å². The Morgan fingerprint density at radius 2 is 1.39 bits per heavy atom. The predicted molar refractivity (Wildman–Crippen MR) is 106 cm³/mol. The number of hydrogen-bond donors (Lipinski definition) is 0. The van der Waals surface area contributed by atoms with Crippen molar-refractivity contribution in [3.63, 3.8) is 0 Å². The molecule has 0 N–H and O–H groups in total. The van der Waals surface area contributed by atoms with Crippen molar-refractivity contribution in [2.75, 3.05) is 0 Å². The van der Waals surface area contributed by atoms with Crippen molar-refractivity contribution < 1.29 is 30.7 Å². The fraction of sp³-hybridized carbons (Fsp3) is 0.167. The van der Waals surface area contributed by atoms with Gasteiger partial charge < -0.3 is 0 Å². The molecule has 0 fully saturated rings. The third kappa shape index (κ3) is 4.98. The average molecular weight is 438 g/mol. The number of hydrogen-bond acceptors (Lipinski definition) is 0. The van der Waals surface area contributed by atoms with Gasteiger partial charge in [0.25, 0.3) is 0 Å². The molecule has 31 heavy (non-hydrogen) atoms. The molecule has 0 spiro atoms. The number of benzene rings is 3. The van der Waals surface area contributed by atoms with Crippen molar-refractivity contribution in [2.24, 2.45) is 0 Å². The molecule has 0 aromatic heterocycles.